The van der Waals surface area contributed by atoms with E-state index in [4.69, 9.17) is 4.74 Å². The Morgan fingerprint density at radius 1 is 1.39 bits per heavy atom. The maximum Gasteiger partial charge on any atom is 0.163 e. The van der Waals surface area contributed by atoms with Crippen LogP contribution in [0.1, 0.15) is 22.7 Å². The summed E-state index contributed by atoms with van der Waals surface area (Å²) in [5.41, 5.74) is 2.47. The van der Waals surface area contributed by atoms with E-state index in [-0.39, 0.29) is 31.0 Å². The van der Waals surface area contributed by atoms with Crippen LogP contribution in [0.3, 0.4) is 0 Å². The quantitative estimate of drug-likeness (QED) is 0.621. The second-order valence-corrected chi connectivity index (χ2v) is 4.63. The van der Waals surface area contributed by atoms with E-state index >= 15 is 0 Å². The van der Waals surface area contributed by atoms with E-state index in [2.05, 4.69) is 5.32 Å². The number of phenols is 1. The molecule has 0 saturated heterocycles. The van der Waals surface area contributed by atoms with Crippen molar-refractivity contribution in [2.45, 2.75) is 25.4 Å². The van der Waals surface area contributed by atoms with Crippen molar-refractivity contribution in [3.63, 3.8) is 0 Å². The van der Waals surface area contributed by atoms with Gasteiger partial charge in [-0.3, -0.25) is 0 Å². The number of hydrogen-bond acceptors (Lipinski definition) is 5. The molecule has 0 radical (unpaired) electrons. The molecule has 0 saturated carbocycles. The lowest BCUT2D eigenvalue weighted by Gasteiger charge is -2.32. The average molecular weight is 253 g/mol. The Morgan fingerprint density at radius 2 is 2.11 bits per heavy atom. The van der Waals surface area contributed by atoms with Crippen molar-refractivity contribution in [2.75, 3.05) is 20.3 Å². The highest BCUT2D eigenvalue weighted by Gasteiger charge is 2.30. The zero-order valence-electron chi connectivity index (χ0n) is 10.6. The molecule has 4 N–H and O–H groups in total. The molecule has 0 bridgehead atoms. The molecule has 5 heteroatoms. The summed E-state index contributed by atoms with van der Waals surface area (Å²) in [6, 6.07) is 1.47. The molecule has 5 nitrogen and oxygen atoms in total. The average Bonchev–Trinajstić information content (AvgIpc) is 2.37. The Hall–Kier alpha value is -1.30. The van der Waals surface area contributed by atoms with Gasteiger partial charge < -0.3 is 25.4 Å². The third-order valence-electron chi connectivity index (χ3n) is 3.42. The lowest BCUT2D eigenvalue weighted by atomic mass is 9.88. The zero-order valence-corrected chi connectivity index (χ0v) is 10.6. The van der Waals surface area contributed by atoms with E-state index in [0.29, 0.717) is 17.7 Å². The van der Waals surface area contributed by atoms with Gasteiger partial charge in [0, 0.05) is 11.6 Å². The molecule has 2 rings (SSSR count). The molecule has 1 heterocycles. The van der Waals surface area contributed by atoms with Gasteiger partial charge in [0.05, 0.1) is 26.4 Å². The lowest BCUT2D eigenvalue weighted by Crippen LogP contribution is -2.43. The third-order valence-corrected chi connectivity index (χ3v) is 3.42. The fourth-order valence-electron chi connectivity index (χ4n) is 2.63. The minimum Gasteiger partial charge on any atom is -0.504 e. The van der Waals surface area contributed by atoms with E-state index in [1.807, 2.05) is 13.0 Å². The van der Waals surface area contributed by atoms with Crippen LogP contribution < -0.4 is 10.1 Å². The molecule has 1 aliphatic heterocycles. The SMILES string of the molecule is COc1c(C)cc2c(c1O)[C@H](CO)N[C@@H](CO)C2. The summed E-state index contributed by atoms with van der Waals surface area (Å²) in [5, 5.41) is 32.0. The number of aliphatic hydroxyl groups excluding tert-OH is 2. The summed E-state index contributed by atoms with van der Waals surface area (Å²) < 4.78 is 5.18. The molecule has 0 fully saturated rings. The van der Waals surface area contributed by atoms with E-state index in [1.54, 1.807) is 0 Å². The smallest absolute Gasteiger partial charge is 0.163 e. The standard InChI is InChI=1S/C13H19NO4/c1-7-3-8-4-9(5-15)14-10(6-16)11(8)12(17)13(7)18-2/h3,9-10,14-17H,4-6H2,1-2H3/t9-,10+/m1/s1. The Balaban J connectivity index is 2.54. The fraction of sp³-hybridized carbons (Fsp3) is 0.538. The predicted molar refractivity (Wildman–Crippen MR) is 66.9 cm³/mol. The van der Waals surface area contributed by atoms with Gasteiger partial charge in [-0.15, -0.1) is 0 Å². The third kappa shape index (κ3) is 2.05. The van der Waals surface area contributed by atoms with Crippen LogP contribution in [0.4, 0.5) is 0 Å². The zero-order chi connectivity index (χ0) is 13.3. The van der Waals surface area contributed by atoms with Gasteiger partial charge in [0.25, 0.3) is 0 Å². The van der Waals surface area contributed by atoms with Gasteiger partial charge in [0.15, 0.2) is 11.5 Å². The van der Waals surface area contributed by atoms with Crippen LogP contribution in [0.15, 0.2) is 6.07 Å². The molecule has 1 aliphatic rings. The summed E-state index contributed by atoms with van der Waals surface area (Å²) in [6.45, 7) is 1.73. The van der Waals surface area contributed by atoms with Crippen LogP contribution >= 0.6 is 0 Å². The van der Waals surface area contributed by atoms with Gasteiger partial charge in [-0.1, -0.05) is 6.07 Å². The number of aryl methyl sites for hydroxylation is 1. The molecular formula is C13H19NO4. The van der Waals surface area contributed by atoms with Gasteiger partial charge in [-0.05, 0) is 24.5 Å². The lowest BCUT2D eigenvalue weighted by molar-refractivity contribution is 0.181. The summed E-state index contributed by atoms with van der Waals surface area (Å²) in [4.78, 5) is 0. The van der Waals surface area contributed by atoms with Crippen molar-refractivity contribution in [3.8, 4) is 11.5 Å². The summed E-state index contributed by atoms with van der Waals surface area (Å²) >= 11 is 0. The Kier molecular flexibility index (Phi) is 3.75. The van der Waals surface area contributed by atoms with Crippen molar-refractivity contribution >= 4 is 0 Å². The van der Waals surface area contributed by atoms with Crippen molar-refractivity contribution in [2.24, 2.45) is 0 Å². The van der Waals surface area contributed by atoms with Gasteiger partial charge >= 0.3 is 0 Å². The Morgan fingerprint density at radius 3 is 2.67 bits per heavy atom. The molecule has 0 aliphatic carbocycles. The molecule has 0 aromatic heterocycles. The number of benzene rings is 1. The number of fused-ring (bicyclic) bond motifs is 1. The molecule has 0 unspecified atom stereocenters. The molecule has 100 valence electrons. The monoisotopic (exact) mass is 253 g/mol. The van der Waals surface area contributed by atoms with Gasteiger partial charge in [0.2, 0.25) is 0 Å². The summed E-state index contributed by atoms with van der Waals surface area (Å²) in [7, 11) is 1.51. The first-order valence-corrected chi connectivity index (χ1v) is 5.99. The topological polar surface area (TPSA) is 82.0 Å². The van der Waals surface area contributed by atoms with Crippen LogP contribution in [0, 0.1) is 6.92 Å². The van der Waals surface area contributed by atoms with Gasteiger partial charge in [-0.25, -0.2) is 0 Å². The second kappa shape index (κ2) is 5.14. The number of methoxy groups -OCH3 is 1. The highest BCUT2D eigenvalue weighted by Crippen LogP contribution is 2.41. The van der Waals surface area contributed by atoms with Crippen molar-refractivity contribution in [1.29, 1.82) is 0 Å². The normalized spacial score (nSPS) is 22.7. The van der Waals surface area contributed by atoms with Crippen LogP contribution in [-0.4, -0.2) is 41.7 Å². The minimum absolute atomic E-state index is 0.00176. The molecular weight excluding hydrogens is 234 g/mol. The number of phenolic OH excluding ortho intramolecular Hbond substituents is 1. The van der Waals surface area contributed by atoms with E-state index < -0.39 is 0 Å². The first kappa shape index (κ1) is 13.1. The highest BCUT2D eigenvalue weighted by atomic mass is 16.5. The van der Waals surface area contributed by atoms with Gasteiger partial charge in [0.1, 0.15) is 0 Å². The van der Waals surface area contributed by atoms with Crippen LogP contribution in [0.5, 0.6) is 11.5 Å². The summed E-state index contributed by atoms with van der Waals surface area (Å²) in [5.74, 6) is 0.520. The van der Waals surface area contributed by atoms with Crippen LogP contribution in [0.2, 0.25) is 0 Å². The van der Waals surface area contributed by atoms with E-state index in [9.17, 15) is 15.3 Å². The fourth-order valence-corrected chi connectivity index (χ4v) is 2.63. The number of hydrogen-bond donors (Lipinski definition) is 4. The number of aromatic hydroxyl groups is 1. The molecule has 18 heavy (non-hydrogen) atoms. The molecule has 1 aromatic rings. The number of rotatable bonds is 3. The van der Waals surface area contributed by atoms with E-state index in [0.717, 1.165) is 11.1 Å². The maximum atomic E-state index is 10.2. The largest absolute Gasteiger partial charge is 0.504 e. The highest BCUT2D eigenvalue weighted by molar-refractivity contribution is 5.56. The maximum absolute atomic E-state index is 10.2. The molecule has 0 amide bonds. The predicted octanol–water partition coefficient (Wildman–Crippen LogP) is 0.249. The molecule has 2 atom stereocenters. The van der Waals surface area contributed by atoms with Crippen LogP contribution in [0.25, 0.3) is 0 Å². The van der Waals surface area contributed by atoms with E-state index in [1.165, 1.54) is 7.11 Å². The number of ether oxygens (including phenoxy) is 1. The first-order chi connectivity index (χ1) is 8.62. The second-order valence-electron chi connectivity index (χ2n) is 4.63. The van der Waals surface area contributed by atoms with Crippen LogP contribution in [-0.2, 0) is 6.42 Å². The molecule has 1 aromatic carbocycles. The van der Waals surface area contributed by atoms with Crippen molar-refractivity contribution in [3.05, 3.63) is 22.8 Å². The Labute approximate surface area is 106 Å². The number of aliphatic hydroxyl groups is 2. The Bertz CT molecular complexity index is 447. The minimum atomic E-state index is -0.375. The summed E-state index contributed by atoms with van der Waals surface area (Å²) in [6.07, 6.45) is 0.626. The van der Waals surface area contributed by atoms with Gasteiger partial charge in [-0.2, -0.15) is 0 Å². The molecule has 0 spiro atoms. The number of nitrogens with one attached hydrogen (secondary N) is 1. The van der Waals surface area contributed by atoms with Crippen molar-refractivity contribution in [1.82, 2.24) is 5.32 Å². The van der Waals surface area contributed by atoms with Crippen molar-refractivity contribution < 1.29 is 20.1 Å². The first-order valence-electron chi connectivity index (χ1n) is 5.99.